The average Bonchev–Trinajstić information content (AvgIpc) is 2.98. The molecular formula is C13H19NO3. The van der Waals surface area contributed by atoms with Crippen LogP contribution in [0.15, 0.2) is 18.5 Å². The summed E-state index contributed by atoms with van der Waals surface area (Å²) in [4.78, 5) is 11.0. The van der Waals surface area contributed by atoms with Crippen molar-refractivity contribution in [2.24, 2.45) is 11.3 Å². The Morgan fingerprint density at radius 2 is 2.24 bits per heavy atom. The van der Waals surface area contributed by atoms with Crippen molar-refractivity contribution in [1.29, 1.82) is 0 Å². The number of carbonyl (C=O) groups is 1. The van der Waals surface area contributed by atoms with Crippen LogP contribution in [-0.4, -0.2) is 20.7 Å². The zero-order valence-corrected chi connectivity index (χ0v) is 10.3. The first-order chi connectivity index (χ1) is 7.90. The largest absolute Gasteiger partial charge is 0.481 e. The quantitative estimate of drug-likeness (QED) is 0.823. The van der Waals surface area contributed by atoms with E-state index in [0.29, 0.717) is 12.5 Å². The van der Waals surface area contributed by atoms with Crippen LogP contribution in [0.2, 0.25) is 0 Å². The lowest BCUT2D eigenvalue weighted by atomic mass is 9.94. The first-order valence-corrected chi connectivity index (χ1v) is 5.97. The van der Waals surface area contributed by atoms with Gasteiger partial charge in [0.05, 0.1) is 11.5 Å². The van der Waals surface area contributed by atoms with E-state index in [9.17, 15) is 9.90 Å². The topological polar surface area (TPSA) is 62.5 Å². The number of aliphatic hydroxyl groups excluding tert-OH is 1. The Morgan fingerprint density at radius 1 is 1.59 bits per heavy atom. The number of nitrogens with zero attached hydrogens (tertiary/aromatic N) is 1. The fourth-order valence-electron chi connectivity index (χ4n) is 1.94. The molecule has 0 bridgehead atoms. The van der Waals surface area contributed by atoms with Gasteiger partial charge in [-0.25, -0.2) is 0 Å². The standard InChI is InChI=1S/C13H19NO3/c1-13(2,12(16)17)8-14-6-5-10(7-14)11(15)9-3-4-9/h5-7,9,11,15H,3-4,8H2,1-2H3,(H,16,17). The SMILES string of the molecule is CC(C)(Cn1ccc(C(O)C2CC2)c1)C(=O)O. The monoisotopic (exact) mass is 237 g/mol. The lowest BCUT2D eigenvalue weighted by Gasteiger charge is -2.19. The first-order valence-electron chi connectivity index (χ1n) is 5.97. The van der Waals surface area contributed by atoms with E-state index in [-0.39, 0.29) is 6.10 Å². The van der Waals surface area contributed by atoms with Gasteiger partial charge in [-0.15, -0.1) is 0 Å². The van der Waals surface area contributed by atoms with Crippen LogP contribution in [0.5, 0.6) is 0 Å². The van der Waals surface area contributed by atoms with Crippen molar-refractivity contribution in [3.63, 3.8) is 0 Å². The van der Waals surface area contributed by atoms with Crippen molar-refractivity contribution in [3.05, 3.63) is 24.0 Å². The summed E-state index contributed by atoms with van der Waals surface area (Å²) in [6, 6.07) is 1.88. The van der Waals surface area contributed by atoms with Crippen LogP contribution < -0.4 is 0 Å². The maximum Gasteiger partial charge on any atom is 0.310 e. The highest BCUT2D eigenvalue weighted by Crippen LogP contribution is 2.40. The molecule has 1 heterocycles. The predicted octanol–water partition coefficient (Wildman–Crippen LogP) is 2.04. The summed E-state index contributed by atoms with van der Waals surface area (Å²) >= 11 is 0. The van der Waals surface area contributed by atoms with Gasteiger partial charge in [0, 0.05) is 18.9 Å². The maximum atomic E-state index is 11.0. The molecule has 1 aromatic rings. The molecule has 0 amide bonds. The maximum absolute atomic E-state index is 11.0. The lowest BCUT2D eigenvalue weighted by Crippen LogP contribution is -2.28. The lowest BCUT2D eigenvalue weighted by molar-refractivity contribution is -0.147. The summed E-state index contributed by atoms with van der Waals surface area (Å²) < 4.78 is 1.84. The molecular weight excluding hydrogens is 218 g/mol. The number of aliphatic carboxylic acids is 1. The van der Waals surface area contributed by atoms with Crippen molar-refractivity contribution < 1.29 is 15.0 Å². The van der Waals surface area contributed by atoms with Gasteiger partial charge in [-0.3, -0.25) is 4.79 Å². The predicted molar refractivity (Wildman–Crippen MR) is 63.5 cm³/mol. The molecule has 0 radical (unpaired) electrons. The highest BCUT2D eigenvalue weighted by molar-refractivity contribution is 5.73. The third-order valence-electron chi connectivity index (χ3n) is 3.34. The second kappa shape index (κ2) is 4.18. The average molecular weight is 237 g/mol. The molecule has 0 aromatic carbocycles. The molecule has 1 aliphatic carbocycles. The molecule has 17 heavy (non-hydrogen) atoms. The van der Waals surface area contributed by atoms with Gasteiger partial charge in [0.2, 0.25) is 0 Å². The van der Waals surface area contributed by atoms with Crippen molar-refractivity contribution >= 4 is 5.97 Å². The third-order valence-corrected chi connectivity index (χ3v) is 3.34. The second-order valence-electron chi connectivity index (χ2n) is 5.59. The number of aromatic nitrogens is 1. The van der Waals surface area contributed by atoms with Crippen LogP contribution >= 0.6 is 0 Å². The van der Waals surface area contributed by atoms with Crippen LogP contribution in [0.4, 0.5) is 0 Å². The van der Waals surface area contributed by atoms with Gasteiger partial charge in [-0.2, -0.15) is 0 Å². The van der Waals surface area contributed by atoms with E-state index < -0.39 is 11.4 Å². The highest BCUT2D eigenvalue weighted by atomic mass is 16.4. The smallest absolute Gasteiger partial charge is 0.310 e. The van der Waals surface area contributed by atoms with Crippen molar-refractivity contribution in [3.8, 4) is 0 Å². The van der Waals surface area contributed by atoms with Gasteiger partial charge in [0.15, 0.2) is 0 Å². The molecule has 4 nitrogen and oxygen atoms in total. The fraction of sp³-hybridized carbons (Fsp3) is 0.615. The van der Waals surface area contributed by atoms with E-state index in [4.69, 9.17) is 5.11 Å². The number of hydrogen-bond donors (Lipinski definition) is 2. The Labute approximate surface area is 101 Å². The number of carboxylic acids is 1. The minimum atomic E-state index is -0.810. The molecule has 0 aliphatic heterocycles. The van der Waals surface area contributed by atoms with E-state index >= 15 is 0 Å². The summed E-state index contributed by atoms with van der Waals surface area (Å²) in [5.41, 5.74) is 0.106. The Balaban J connectivity index is 2.05. The van der Waals surface area contributed by atoms with E-state index in [1.165, 1.54) is 0 Å². The van der Waals surface area contributed by atoms with Crippen molar-refractivity contribution in [1.82, 2.24) is 4.57 Å². The van der Waals surface area contributed by atoms with Crippen LogP contribution in [0.1, 0.15) is 38.4 Å². The molecule has 1 saturated carbocycles. The third kappa shape index (κ3) is 2.69. The zero-order valence-electron chi connectivity index (χ0n) is 10.3. The normalized spacial score (nSPS) is 18.1. The Kier molecular flexibility index (Phi) is 3.00. The fourth-order valence-corrected chi connectivity index (χ4v) is 1.94. The number of rotatable bonds is 5. The molecule has 1 aromatic heterocycles. The number of aliphatic hydroxyl groups is 1. The van der Waals surface area contributed by atoms with Gasteiger partial charge in [0.25, 0.3) is 0 Å². The van der Waals surface area contributed by atoms with Crippen LogP contribution in [0.25, 0.3) is 0 Å². The van der Waals surface area contributed by atoms with Gasteiger partial charge >= 0.3 is 5.97 Å². The van der Waals surface area contributed by atoms with E-state index in [1.54, 1.807) is 13.8 Å². The van der Waals surface area contributed by atoms with E-state index in [0.717, 1.165) is 18.4 Å². The van der Waals surface area contributed by atoms with Crippen molar-refractivity contribution in [2.75, 3.05) is 0 Å². The first kappa shape index (κ1) is 12.2. The minimum Gasteiger partial charge on any atom is -0.481 e. The zero-order chi connectivity index (χ0) is 12.6. The number of carboxylic acid groups (broad SMARTS) is 1. The molecule has 2 N–H and O–H groups in total. The molecule has 2 rings (SSSR count). The minimum absolute atomic E-state index is 0.385. The highest BCUT2D eigenvalue weighted by Gasteiger charge is 2.32. The van der Waals surface area contributed by atoms with E-state index in [1.807, 2.05) is 23.0 Å². The molecule has 1 fully saturated rings. The van der Waals surface area contributed by atoms with E-state index in [2.05, 4.69) is 0 Å². The molecule has 1 atom stereocenters. The molecule has 1 aliphatic rings. The summed E-state index contributed by atoms with van der Waals surface area (Å²) in [6.45, 7) is 3.82. The van der Waals surface area contributed by atoms with Gasteiger partial charge in [-0.05, 0) is 44.2 Å². The van der Waals surface area contributed by atoms with Crippen molar-refractivity contribution in [2.45, 2.75) is 39.3 Å². The molecule has 4 heteroatoms. The van der Waals surface area contributed by atoms with Gasteiger partial charge in [-0.1, -0.05) is 0 Å². The summed E-state index contributed by atoms with van der Waals surface area (Å²) in [5.74, 6) is -0.408. The Morgan fingerprint density at radius 3 is 2.76 bits per heavy atom. The van der Waals surface area contributed by atoms with Crippen LogP contribution in [-0.2, 0) is 11.3 Å². The summed E-state index contributed by atoms with van der Waals surface area (Å²) in [5, 5.41) is 19.0. The van der Waals surface area contributed by atoms with Crippen LogP contribution in [0, 0.1) is 11.3 Å². The molecule has 0 saturated heterocycles. The Hall–Kier alpha value is -1.29. The van der Waals surface area contributed by atoms with Crippen LogP contribution in [0.3, 0.4) is 0 Å². The summed E-state index contributed by atoms with van der Waals surface area (Å²) in [7, 11) is 0. The second-order valence-corrected chi connectivity index (χ2v) is 5.59. The number of hydrogen-bond acceptors (Lipinski definition) is 2. The van der Waals surface area contributed by atoms with Gasteiger partial charge in [0.1, 0.15) is 0 Å². The Bertz CT molecular complexity index is 418. The van der Waals surface area contributed by atoms with Gasteiger partial charge < -0.3 is 14.8 Å². The molecule has 0 spiro atoms. The molecule has 1 unspecified atom stereocenters. The molecule has 94 valence electrons. The summed E-state index contributed by atoms with van der Waals surface area (Å²) in [6.07, 6.45) is 5.49.